The Morgan fingerprint density at radius 3 is 2.65 bits per heavy atom. The number of nitrogens with one attached hydrogen (secondary N) is 1. The van der Waals surface area contributed by atoms with Gasteiger partial charge in [-0.05, 0) is 24.0 Å². The molecule has 0 saturated heterocycles. The summed E-state index contributed by atoms with van der Waals surface area (Å²) in [7, 11) is -1.75. The van der Waals surface area contributed by atoms with Crippen molar-refractivity contribution in [2.75, 3.05) is 25.6 Å². The van der Waals surface area contributed by atoms with Crippen molar-refractivity contribution >= 4 is 21.8 Å². The lowest BCUT2D eigenvalue weighted by atomic mass is 10.2. The van der Waals surface area contributed by atoms with Crippen LogP contribution < -0.4 is 5.32 Å². The molecule has 0 bridgehead atoms. The normalized spacial score (nSPS) is 12.3. The van der Waals surface area contributed by atoms with Gasteiger partial charge in [-0.2, -0.15) is 11.8 Å². The fraction of sp³-hybridized carbons (Fsp3) is 0.571. The van der Waals surface area contributed by atoms with Crippen molar-refractivity contribution < 1.29 is 8.42 Å². The highest BCUT2D eigenvalue weighted by molar-refractivity contribution is 7.98. The predicted molar refractivity (Wildman–Crippen MR) is 86.6 cm³/mol. The lowest BCUT2D eigenvalue weighted by Crippen LogP contribution is -2.29. The van der Waals surface area contributed by atoms with E-state index in [0.717, 1.165) is 11.3 Å². The van der Waals surface area contributed by atoms with E-state index in [9.17, 15) is 8.42 Å². The minimum Gasteiger partial charge on any atom is -0.310 e. The van der Waals surface area contributed by atoms with Crippen LogP contribution >= 0.6 is 11.8 Å². The molecule has 0 aliphatic carbocycles. The van der Waals surface area contributed by atoms with Crippen LogP contribution in [0.15, 0.2) is 29.2 Å². The number of benzene rings is 1. The van der Waals surface area contributed by atoms with Gasteiger partial charge in [0.2, 0.25) is 10.0 Å². The minimum absolute atomic E-state index is 0.365. The molecule has 0 aromatic heterocycles. The van der Waals surface area contributed by atoms with E-state index in [1.165, 1.54) is 4.31 Å². The van der Waals surface area contributed by atoms with E-state index >= 15 is 0 Å². The molecule has 1 N–H and O–H groups in total. The first kappa shape index (κ1) is 17.5. The van der Waals surface area contributed by atoms with Crippen molar-refractivity contribution in [2.45, 2.75) is 31.3 Å². The maximum atomic E-state index is 12.4. The van der Waals surface area contributed by atoms with Crippen LogP contribution in [0.5, 0.6) is 0 Å². The van der Waals surface area contributed by atoms with E-state index in [1.807, 2.05) is 12.3 Å². The summed E-state index contributed by atoms with van der Waals surface area (Å²) >= 11 is 1.64. The van der Waals surface area contributed by atoms with Gasteiger partial charge in [0, 0.05) is 31.9 Å². The van der Waals surface area contributed by atoms with Crippen molar-refractivity contribution in [3.8, 4) is 0 Å². The summed E-state index contributed by atoms with van der Waals surface area (Å²) in [4.78, 5) is 0.365. The average Bonchev–Trinajstić information content (AvgIpc) is 2.42. The number of rotatable bonds is 8. The Balaban J connectivity index is 2.87. The minimum atomic E-state index is -3.38. The Morgan fingerprint density at radius 1 is 1.35 bits per heavy atom. The topological polar surface area (TPSA) is 49.4 Å². The van der Waals surface area contributed by atoms with Crippen molar-refractivity contribution in [1.29, 1.82) is 0 Å². The van der Waals surface area contributed by atoms with Crippen LogP contribution in [0, 0.1) is 0 Å². The lowest BCUT2D eigenvalue weighted by Gasteiger charge is -2.17. The Hall–Kier alpha value is -0.560. The number of thioether (sulfide) groups is 1. The third-order valence-corrected chi connectivity index (χ3v) is 5.38. The molecule has 0 aliphatic heterocycles. The standard InChI is InChI=1S/C14H24N2O2S2/c1-12(2)15-11-13-6-5-7-14(10-13)20(17,18)16(3)8-9-19-4/h5-7,10,12,15H,8-9,11H2,1-4H3. The molecular weight excluding hydrogens is 292 g/mol. The van der Waals surface area contributed by atoms with Gasteiger partial charge in [-0.15, -0.1) is 0 Å². The SMILES string of the molecule is CSCCN(C)S(=O)(=O)c1cccc(CNC(C)C)c1. The largest absolute Gasteiger partial charge is 0.310 e. The summed E-state index contributed by atoms with van der Waals surface area (Å²) in [5, 5.41) is 3.29. The quantitative estimate of drug-likeness (QED) is 0.798. The second kappa shape index (κ2) is 8.02. The van der Waals surface area contributed by atoms with Crippen LogP contribution in [0.25, 0.3) is 0 Å². The number of hydrogen-bond acceptors (Lipinski definition) is 4. The molecule has 0 saturated carbocycles. The van der Waals surface area contributed by atoms with Gasteiger partial charge in [-0.3, -0.25) is 0 Å². The zero-order chi connectivity index (χ0) is 15.2. The molecule has 0 amide bonds. The van der Waals surface area contributed by atoms with Gasteiger partial charge in [0.05, 0.1) is 4.90 Å². The fourth-order valence-corrected chi connectivity index (χ4v) is 3.47. The Labute approximate surface area is 127 Å². The van der Waals surface area contributed by atoms with E-state index < -0.39 is 10.0 Å². The van der Waals surface area contributed by atoms with Gasteiger partial charge in [0.15, 0.2) is 0 Å². The molecule has 0 fully saturated rings. The third kappa shape index (κ3) is 5.09. The summed E-state index contributed by atoms with van der Waals surface area (Å²) in [5.74, 6) is 0.796. The summed E-state index contributed by atoms with van der Waals surface area (Å²) in [6.07, 6.45) is 1.97. The highest BCUT2D eigenvalue weighted by atomic mass is 32.2. The first-order chi connectivity index (χ1) is 9.37. The smallest absolute Gasteiger partial charge is 0.242 e. The lowest BCUT2D eigenvalue weighted by molar-refractivity contribution is 0.488. The van der Waals surface area contributed by atoms with Crippen LogP contribution in [-0.4, -0.2) is 44.4 Å². The van der Waals surface area contributed by atoms with Gasteiger partial charge >= 0.3 is 0 Å². The molecule has 20 heavy (non-hydrogen) atoms. The van der Waals surface area contributed by atoms with Gasteiger partial charge < -0.3 is 5.32 Å². The molecule has 0 unspecified atom stereocenters. The maximum Gasteiger partial charge on any atom is 0.242 e. The number of nitrogens with zero attached hydrogens (tertiary/aromatic N) is 1. The van der Waals surface area contributed by atoms with E-state index in [-0.39, 0.29) is 0 Å². The molecule has 114 valence electrons. The zero-order valence-corrected chi connectivity index (χ0v) is 14.2. The molecule has 0 aliphatic rings. The van der Waals surface area contributed by atoms with Gasteiger partial charge in [-0.1, -0.05) is 26.0 Å². The average molecular weight is 316 g/mol. The number of hydrogen-bond donors (Lipinski definition) is 1. The van der Waals surface area contributed by atoms with Crippen LogP contribution in [0.2, 0.25) is 0 Å². The molecule has 0 radical (unpaired) electrons. The maximum absolute atomic E-state index is 12.4. The van der Waals surface area contributed by atoms with Gasteiger partial charge in [0.1, 0.15) is 0 Å². The summed E-state index contributed by atoms with van der Waals surface area (Å²) < 4.78 is 26.3. The van der Waals surface area contributed by atoms with Crippen molar-refractivity contribution in [3.05, 3.63) is 29.8 Å². The van der Waals surface area contributed by atoms with E-state index in [4.69, 9.17) is 0 Å². The van der Waals surface area contributed by atoms with Crippen LogP contribution in [0.3, 0.4) is 0 Å². The molecule has 0 spiro atoms. The third-order valence-electron chi connectivity index (χ3n) is 2.93. The first-order valence-corrected chi connectivity index (χ1v) is 9.49. The second-order valence-electron chi connectivity index (χ2n) is 5.00. The summed E-state index contributed by atoms with van der Waals surface area (Å²) in [6.45, 7) is 5.33. The van der Waals surface area contributed by atoms with Crippen molar-refractivity contribution in [3.63, 3.8) is 0 Å². The molecule has 1 aromatic carbocycles. The summed E-state index contributed by atoms with van der Waals surface area (Å²) in [5.41, 5.74) is 0.984. The zero-order valence-electron chi connectivity index (χ0n) is 12.6. The van der Waals surface area contributed by atoms with E-state index in [1.54, 1.807) is 37.0 Å². The fourth-order valence-electron chi connectivity index (χ4n) is 1.66. The molecule has 6 heteroatoms. The van der Waals surface area contributed by atoms with E-state index in [0.29, 0.717) is 24.0 Å². The van der Waals surface area contributed by atoms with Crippen LogP contribution in [-0.2, 0) is 16.6 Å². The Bertz CT molecular complexity index is 516. The van der Waals surface area contributed by atoms with Crippen molar-refractivity contribution in [2.24, 2.45) is 0 Å². The highest BCUT2D eigenvalue weighted by Crippen LogP contribution is 2.16. The van der Waals surface area contributed by atoms with Gasteiger partial charge in [0.25, 0.3) is 0 Å². The molecule has 1 rings (SSSR count). The monoisotopic (exact) mass is 316 g/mol. The van der Waals surface area contributed by atoms with E-state index in [2.05, 4.69) is 19.2 Å². The highest BCUT2D eigenvalue weighted by Gasteiger charge is 2.20. The molecule has 1 aromatic rings. The molecule has 0 heterocycles. The second-order valence-corrected chi connectivity index (χ2v) is 8.03. The van der Waals surface area contributed by atoms with Crippen LogP contribution in [0.4, 0.5) is 0 Å². The molecule has 0 atom stereocenters. The van der Waals surface area contributed by atoms with Crippen LogP contribution in [0.1, 0.15) is 19.4 Å². The Kier molecular flexibility index (Phi) is 7.02. The first-order valence-electron chi connectivity index (χ1n) is 6.65. The van der Waals surface area contributed by atoms with Gasteiger partial charge in [-0.25, -0.2) is 12.7 Å². The molecule has 4 nitrogen and oxygen atoms in total. The summed E-state index contributed by atoms with van der Waals surface area (Å²) in [6, 6.07) is 7.52. The number of sulfonamides is 1. The predicted octanol–water partition coefficient (Wildman–Crippen LogP) is 2.17. The Morgan fingerprint density at radius 2 is 2.05 bits per heavy atom. The molecular formula is C14H24N2O2S2. The van der Waals surface area contributed by atoms with Crippen molar-refractivity contribution in [1.82, 2.24) is 9.62 Å².